The van der Waals surface area contributed by atoms with Crippen LogP contribution in [0.2, 0.25) is 0 Å². The molecule has 1 aromatic heterocycles. The van der Waals surface area contributed by atoms with Crippen LogP contribution in [0, 0.1) is 0 Å². The number of benzene rings is 1. The maximum Gasteiger partial charge on any atom is 0.235 e. The molecule has 2 heterocycles. The molecule has 2 N–H and O–H groups in total. The van der Waals surface area contributed by atoms with Gasteiger partial charge in [-0.15, -0.1) is 11.3 Å². The maximum atomic E-state index is 11.8. The van der Waals surface area contributed by atoms with Crippen LogP contribution in [-0.4, -0.2) is 22.6 Å². The third-order valence-electron chi connectivity index (χ3n) is 4.06. The lowest BCUT2D eigenvalue weighted by molar-refractivity contribution is -0.124. The Labute approximate surface area is 133 Å². The summed E-state index contributed by atoms with van der Waals surface area (Å²) in [6.07, 6.45) is 0.648. The smallest absolute Gasteiger partial charge is 0.235 e. The molecule has 0 saturated heterocycles. The summed E-state index contributed by atoms with van der Waals surface area (Å²) in [6, 6.07) is 9.77. The number of fused-ring (bicyclic) bond motifs is 1. The Morgan fingerprint density at radius 2 is 2.05 bits per heavy atom. The number of rotatable bonds is 4. The van der Waals surface area contributed by atoms with Gasteiger partial charge < -0.3 is 5.73 Å². The summed E-state index contributed by atoms with van der Waals surface area (Å²) in [5, 5.41) is 1.98. The minimum Gasteiger partial charge on any atom is -0.368 e. The number of Topliss-reactive ketones (excluding diaryl/α,β-unsaturated/α-hetero) is 1. The number of thiophene rings is 1. The summed E-state index contributed by atoms with van der Waals surface area (Å²) in [6.45, 7) is 2.90. The van der Waals surface area contributed by atoms with E-state index in [1.54, 1.807) is 6.92 Å². The van der Waals surface area contributed by atoms with E-state index in [2.05, 4.69) is 17.0 Å². The molecule has 114 valence electrons. The van der Waals surface area contributed by atoms with Crippen LogP contribution in [0.3, 0.4) is 0 Å². The van der Waals surface area contributed by atoms with Crippen molar-refractivity contribution in [3.63, 3.8) is 0 Å². The van der Waals surface area contributed by atoms with Crippen LogP contribution in [0.4, 0.5) is 0 Å². The first-order valence-corrected chi connectivity index (χ1v) is 8.11. The van der Waals surface area contributed by atoms with E-state index in [1.165, 1.54) is 22.5 Å². The molecule has 0 aliphatic carbocycles. The summed E-state index contributed by atoms with van der Waals surface area (Å²) >= 11 is 1.45. The summed E-state index contributed by atoms with van der Waals surface area (Å²) in [5.41, 5.74) is 9.08. The number of hydrogen-bond donors (Lipinski definition) is 1. The Balaban J connectivity index is 1.84. The lowest BCUT2D eigenvalue weighted by Crippen LogP contribution is -2.47. The third kappa shape index (κ3) is 2.96. The quantitative estimate of drug-likeness (QED) is 0.881. The first-order chi connectivity index (χ1) is 10.5. The molecule has 3 rings (SSSR count). The Kier molecular flexibility index (Phi) is 4.09. The van der Waals surface area contributed by atoms with Crippen LogP contribution >= 0.6 is 11.3 Å². The van der Waals surface area contributed by atoms with Crippen LogP contribution in [0.1, 0.15) is 33.3 Å². The van der Waals surface area contributed by atoms with Gasteiger partial charge in [0.1, 0.15) is 0 Å². The van der Waals surface area contributed by atoms with E-state index >= 15 is 0 Å². The van der Waals surface area contributed by atoms with Crippen molar-refractivity contribution in [2.45, 2.75) is 32.5 Å². The zero-order valence-electron chi connectivity index (χ0n) is 12.4. The van der Waals surface area contributed by atoms with Crippen LogP contribution in [0.5, 0.6) is 0 Å². The van der Waals surface area contributed by atoms with Gasteiger partial charge in [-0.25, -0.2) is 0 Å². The van der Waals surface area contributed by atoms with Crippen LogP contribution in [0.15, 0.2) is 35.7 Å². The molecule has 1 aliphatic rings. The number of nitrogens with two attached hydrogens (primary N) is 1. The normalized spacial score (nSPS) is 18.0. The van der Waals surface area contributed by atoms with Crippen molar-refractivity contribution < 1.29 is 9.59 Å². The van der Waals surface area contributed by atoms with Gasteiger partial charge in [-0.2, -0.15) is 0 Å². The highest BCUT2D eigenvalue weighted by atomic mass is 32.1. The molecule has 2 aromatic rings. The highest BCUT2D eigenvalue weighted by Gasteiger charge is 2.30. The molecule has 0 unspecified atom stereocenters. The average molecular weight is 314 g/mol. The van der Waals surface area contributed by atoms with Crippen molar-refractivity contribution in [2.75, 3.05) is 0 Å². The van der Waals surface area contributed by atoms with Gasteiger partial charge in [-0.3, -0.25) is 14.5 Å². The maximum absolute atomic E-state index is 11.8. The van der Waals surface area contributed by atoms with Gasteiger partial charge in [0.25, 0.3) is 0 Å². The molecule has 4 nitrogen and oxygen atoms in total. The number of amides is 1. The number of hydrogen-bond acceptors (Lipinski definition) is 4. The summed E-state index contributed by atoms with van der Waals surface area (Å²) in [7, 11) is 0. The van der Waals surface area contributed by atoms with Gasteiger partial charge in [0, 0.05) is 13.1 Å². The number of nitrogens with zero attached hydrogens (tertiary/aromatic N) is 1. The van der Waals surface area contributed by atoms with Crippen molar-refractivity contribution in [3.8, 4) is 0 Å². The van der Waals surface area contributed by atoms with Gasteiger partial charge in [-0.05, 0) is 41.5 Å². The molecule has 1 atom stereocenters. The summed E-state index contributed by atoms with van der Waals surface area (Å²) < 4.78 is 0. The predicted molar refractivity (Wildman–Crippen MR) is 86.7 cm³/mol. The predicted octanol–water partition coefficient (Wildman–Crippen LogP) is 2.36. The Bertz CT molecular complexity index is 723. The fourth-order valence-electron chi connectivity index (χ4n) is 2.90. The summed E-state index contributed by atoms with van der Waals surface area (Å²) in [4.78, 5) is 26.1. The molecular formula is C17H18N2O2S. The molecule has 22 heavy (non-hydrogen) atoms. The van der Waals surface area contributed by atoms with Crippen molar-refractivity contribution in [2.24, 2.45) is 5.73 Å². The second-order valence-electron chi connectivity index (χ2n) is 5.67. The van der Waals surface area contributed by atoms with Gasteiger partial charge in [0.05, 0.1) is 10.9 Å². The van der Waals surface area contributed by atoms with E-state index in [1.807, 2.05) is 23.6 Å². The molecule has 0 bridgehead atoms. The van der Waals surface area contributed by atoms with E-state index in [0.29, 0.717) is 19.5 Å². The van der Waals surface area contributed by atoms with E-state index in [9.17, 15) is 9.59 Å². The molecule has 1 aliphatic heterocycles. The standard InChI is InChI=1S/C17H18N2O2S/c1-11(20)16-6-12(10-22-16)8-19-9-14-5-3-2-4-13(14)7-15(19)17(18)21/h2-6,10,15H,7-9H2,1H3,(H2,18,21)/t15-/m1/s1. The molecule has 1 aromatic carbocycles. The van der Waals surface area contributed by atoms with Crippen LogP contribution in [-0.2, 0) is 24.3 Å². The molecule has 5 heteroatoms. The number of ketones is 1. The number of carbonyl (C=O) groups is 2. The lowest BCUT2D eigenvalue weighted by atomic mass is 9.93. The van der Waals surface area contributed by atoms with Gasteiger partial charge in [-0.1, -0.05) is 24.3 Å². The van der Waals surface area contributed by atoms with Crippen molar-refractivity contribution >= 4 is 23.0 Å². The van der Waals surface area contributed by atoms with E-state index in [-0.39, 0.29) is 17.7 Å². The molecule has 0 radical (unpaired) electrons. The average Bonchev–Trinajstić information content (AvgIpc) is 2.95. The molecule has 0 fully saturated rings. The summed E-state index contributed by atoms with van der Waals surface area (Å²) in [5.74, 6) is -0.219. The first-order valence-electron chi connectivity index (χ1n) is 7.23. The highest BCUT2D eigenvalue weighted by molar-refractivity contribution is 7.12. The second-order valence-corrected chi connectivity index (χ2v) is 6.58. The molecule has 0 spiro atoms. The molecule has 1 amide bonds. The van der Waals surface area contributed by atoms with Crippen LogP contribution in [0.25, 0.3) is 0 Å². The van der Waals surface area contributed by atoms with E-state index in [4.69, 9.17) is 5.73 Å². The van der Waals surface area contributed by atoms with Crippen LogP contribution < -0.4 is 5.73 Å². The molecule has 0 saturated carbocycles. The fraction of sp³-hybridized carbons (Fsp3) is 0.294. The highest BCUT2D eigenvalue weighted by Crippen LogP contribution is 2.26. The Morgan fingerprint density at radius 1 is 1.32 bits per heavy atom. The van der Waals surface area contributed by atoms with Crippen molar-refractivity contribution in [3.05, 3.63) is 57.3 Å². The zero-order chi connectivity index (χ0) is 15.7. The monoisotopic (exact) mass is 314 g/mol. The topological polar surface area (TPSA) is 63.4 Å². The first kappa shape index (κ1) is 14.9. The lowest BCUT2D eigenvalue weighted by Gasteiger charge is -2.34. The van der Waals surface area contributed by atoms with Gasteiger partial charge >= 0.3 is 0 Å². The minimum absolute atomic E-state index is 0.0756. The SMILES string of the molecule is CC(=O)c1cc(CN2Cc3ccccc3C[C@@H]2C(N)=O)cs1. The fourth-order valence-corrected chi connectivity index (χ4v) is 3.71. The third-order valence-corrected chi connectivity index (χ3v) is 5.14. The van der Waals surface area contributed by atoms with E-state index in [0.717, 1.165) is 10.4 Å². The zero-order valence-corrected chi connectivity index (χ0v) is 13.2. The van der Waals surface area contributed by atoms with Gasteiger partial charge in [0.2, 0.25) is 5.91 Å². The van der Waals surface area contributed by atoms with E-state index < -0.39 is 0 Å². The minimum atomic E-state index is -0.296. The van der Waals surface area contributed by atoms with Crippen molar-refractivity contribution in [1.29, 1.82) is 0 Å². The largest absolute Gasteiger partial charge is 0.368 e. The number of carbonyl (C=O) groups excluding carboxylic acids is 2. The van der Waals surface area contributed by atoms with Crippen molar-refractivity contribution in [1.82, 2.24) is 4.90 Å². The number of primary amides is 1. The Morgan fingerprint density at radius 3 is 2.68 bits per heavy atom. The Hall–Kier alpha value is -1.98. The second kappa shape index (κ2) is 6.02. The van der Waals surface area contributed by atoms with Gasteiger partial charge in [0.15, 0.2) is 5.78 Å². The molecular weight excluding hydrogens is 296 g/mol.